The minimum Gasteiger partial charge on any atom is -0.508 e. The molecule has 27 N–H and O–H groups in total. The second kappa shape index (κ2) is 69.2. The maximum absolute atomic E-state index is 14.8. The number of carbonyl (C=O) groups is 15. The number of aromatic hydroxyl groups is 1. The molecule has 4 heterocycles. The second-order valence-corrected chi connectivity index (χ2v) is 39.3. The van der Waals surface area contributed by atoms with Crippen molar-refractivity contribution in [3.05, 3.63) is 103 Å². The molecule has 0 unspecified atom stereocenters. The van der Waals surface area contributed by atoms with E-state index in [0.29, 0.717) is 42.0 Å². The largest absolute Gasteiger partial charge is 0.508 e. The summed E-state index contributed by atoms with van der Waals surface area (Å²) >= 11 is 0. The summed E-state index contributed by atoms with van der Waals surface area (Å²) in [6.45, 7) is 19.4. The molecule has 0 radical (unpaired) electrons. The van der Waals surface area contributed by atoms with Crippen LogP contribution in [0, 0.1) is 59.2 Å². The molecule has 5 rings (SSSR count). The number of unbranched alkanes of at least 4 members (excludes halogenated alkanes) is 12. The van der Waals surface area contributed by atoms with Crippen LogP contribution in [0.2, 0.25) is 0 Å². The van der Waals surface area contributed by atoms with E-state index in [2.05, 4.69) is 99.0 Å². The van der Waals surface area contributed by atoms with Gasteiger partial charge in [-0.2, -0.15) is 0 Å². The molecule has 0 fully saturated rings. The van der Waals surface area contributed by atoms with E-state index in [-0.39, 0.29) is 188 Å². The minimum absolute atomic E-state index is 0.0170. The van der Waals surface area contributed by atoms with E-state index >= 15 is 0 Å². The van der Waals surface area contributed by atoms with Crippen LogP contribution in [0.25, 0.3) is 0 Å². The number of aliphatic hydroxyl groups excluding tert-OH is 1. The monoisotopic (exact) mass is 2030 g/mol. The predicted molar refractivity (Wildman–Crippen MR) is 554 cm³/mol. The minimum atomic E-state index is -1.38. The number of carbonyl (C=O) groups excluding carboxylic acids is 15. The molecule has 0 aliphatic rings. The predicted octanol–water partition coefficient (Wildman–Crippen LogP) is 6.54. The van der Waals surface area contributed by atoms with Crippen LogP contribution >= 0.6 is 0 Å². The van der Waals surface area contributed by atoms with Gasteiger partial charge >= 0.3 is 0 Å². The van der Waals surface area contributed by atoms with E-state index in [0.717, 1.165) is 31.2 Å². The number of ketones is 7. The average Bonchev–Trinajstić information content (AvgIpc) is 1.68. The van der Waals surface area contributed by atoms with Gasteiger partial charge in [0.25, 0.3) is 0 Å². The van der Waals surface area contributed by atoms with Gasteiger partial charge in [-0.15, -0.1) is 0 Å². The van der Waals surface area contributed by atoms with E-state index in [1.54, 1.807) is 65.3 Å². The van der Waals surface area contributed by atoms with Crippen molar-refractivity contribution in [2.24, 2.45) is 114 Å². The van der Waals surface area contributed by atoms with Gasteiger partial charge < -0.3 is 108 Å². The number of amides is 8. The Balaban J connectivity index is 0.000000646. The number of nitrogens with zero attached hydrogens (tertiary/aromatic N) is 7. The molecule has 0 saturated carbocycles. The first-order valence-electron chi connectivity index (χ1n) is 51.6. The summed E-state index contributed by atoms with van der Waals surface area (Å²) in [5, 5.41) is 39.6. The Morgan fingerprint density at radius 1 is 0.359 bits per heavy atom. The van der Waals surface area contributed by atoms with E-state index in [1.807, 2.05) is 34.6 Å². The average molecular weight is 2030 g/mol. The molecule has 15 atom stereocenters. The number of aromatic amines is 4. The second-order valence-electron chi connectivity index (χ2n) is 39.3. The summed E-state index contributed by atoms with van der Waals surface area (Å²) in [5.41, 5.74) is 42.3. The zero-order chi connectivity index (χ0) is 107. The van der Waals surface area contributed by atoms with Gasteiger partial charge in [-0.3, -0.25) is 86.9 Å². The number of phenols is 1. The van der Waals surface area contributed by atoms with Gasteiger partial charge in [-0.25, -0.2) is 19.9 Å². The lowest BCUT2D eigenvalue weighted by Gasteiger charge is -2.27. The fraction of sp³-hybridized carbons (Fsp3) is 0.650. The third-order valence-corrected chi connectivity index (χ3v) is 25.8. The van der Waals surface area contributed by atoms with Gasteiger partial charge in [-0.1, -0.05) is 165 Å². The van der Waals surface area contributed by atoms with E-state index in [9.17, 15) is 82.1 Å². The number of aromatic nitrogens is 8. The fourth-order valence-electron chi connectivity index (χ4n) is 17.1. The van der Waals surface area contributed by atoms with Crippen LogP contribution in [0.1, 0.15) is 297 Å². The summed E-state index contributed by atoms with van der Waals surface area (Å²) < 4.78 is 0. The maximum Gasteiger partial charge on any atom is 0.224 e. The maximum atomic E-state index is 14.8. The van der Waals surface area contributed by atoms with Gasteiger partial charge in [-0.05, 0) is 107 Å². The number of aliphatic hydroxyl groups is 1. The molecule has 5 aromatic rings. The molecule has 0 aliphatic heterocycles. The molecule has 42 heteroatoms. The molecule has 8 amide bonds. The van der Waals surface area contributed by atoms with Crippen LogP contribution in [0.3, 0.4) is 0 Å². The first-order valence-corrected chi connectivity index (χ1v) is 51.6. The van der Waals surface area contributed by atoms with Crippen molar-refractivity contribution in [3.8, 4) is 5.75 Å². The SMILES string of the molecule is CCCCCCCCCCCCCCCC(=O)N[C@@H](Cc1cnc[nH]1)C(=O)C[C@@H](C)C(=O)N[C@H](Cc1cnc[nH]1)C(=O)C[C@H](Cc1cnc[nH]1)C(=O)N[C@@H](C)C(=O)CC.CC[C@H](C)[C@H](CC(=O)[C@H](CO)NC(=O)[C@@H](CC(=O)[C@H](CC(C)C)NC(=O)[C@H](CCCN=C(N)N)CC(=O)[C@H](CCCN=C(N)N)NC(=O)[C@@H](CC(=O)[C@H](CCCN=C(N)N)NC(=O)[C@@H](C)Cc1ccc(O)cc1)Cc1cnc[nH]1)CC(C)C)C(N)=O. The number of imidazole rings is 4. The zero-order valence-corrected chi connectivity index (χ0v) is 87.0. The van der Waals surface area contributed by atoms with E-state index in [1.165, 1.54) is 101 Å². The smallest absolute Gasteiger partial charge is 0.224 e. The Morgan fingerprint density at radius 3 is 1.16 bits per heavy atom. The number of rotatable bonds is 77. The lowest BCUT2D eigenvalue weighted by atomic mass is 9.85. The highest BCUT2D eigenvalue weighted by molar-refractivity contribution is 6.00. The summed E-state index contributed by atoms with van der Waals surface area (Å²) in [7, 11) is 0. The van der Waals surface area contributed by atoms with Crippen LogP contribution in [-0.2, 0) is 104 Å². The van der Waals surface area contributed by atoms with Gasteiger partial charge in [0.05, 0.1) is 80.0 Å². The molecule has 0 spiro atoms. The Kier molecular flexibility index (Phi) is 59.3. The highest BCUT2D eigenvalue weighted by Gasteiger charge is 2.39. The molecule has 0 saturated heterocycles. The first-order chi connectivity index (χ1) is 69.0. The Morgan fingerprint density at radius 2 is 0.724 bits per heavy atom. The number of benzene rings is 1. The van der Waals surface area contributed by atoms with Gasteiger partial charge in [0, 0.05) is 174 Å². The molecule has 42 nitrogen and oxygen atoms in total. The number of hydrogen-bond donors (Lipinski definition) is 20. The lowest BCUT2D eigenvalue weighted by molar-refractivity contribution is -0.136. The van der Waals surface area contributed by atoms with Gasteiger partial charge in [0.2, 0.25) is 47.3 Å². The van der Waals surface area contributed by atoms with Crippen LogP contribution < -0.4 is 77.4 Å². The van der Waals surface area contributed by atoms with Crippen LogP contribution in [-0.4, -0.2) is 224 Å². The molecular weight excluding hydrogens is 1860 g/mol. The Hall–Kier alpha value is -12.9. The molecule has 806 valence electrons. The van der Waals surface area contributed by atoms with Crippen molar-refractivity contribution in [1.82, 2.24) is 77.1 Å². The Labute approximate surface area is 852 Å². The molecule has 0 bridgehead atoms. The quantitative estimate of drug-likeness (QED) is 0.0111. The van der Waals surface area contributed by atoms with Crippen LogP contribution in [0.15, 0.2) is 89.3 Å². The number of nitrogens with two attached hydrogens (primary N) is 7. The van der Waals surface area contributed by atoms with E-state index < -0.39 is 173 Å². The standard InChI is InChI=1S/C59H98N16O11.C44H69N9O6/c1-8-35(6)43(52(60)82)29-51(81)47(31-76)75-55(85)39(22-33(2)3)27-50(80)46(23-34(4)5)74-54(84)38(12-9-19-68-57(61)62)26-48(78)45(14-11-21-70-59(65)66)73-56(86)40(25-41-30-67-32-71-41)28-49(79)44(13-10-20-69-58(63)64)72-53(83)36(7)24-37-15-17-42(77)18-16-37;1-5-7-8-9-10-11-12-13-14-15-16-17-18-19-42(57)52-37(23-35-26-46-29-49-35)40(55)20-31(3)43(58)53-38(24-36-27-47-30-50-36)41(56)22-33(21-34-25-45-28-48-34)44(59)51-32(4)39(54)6-2/h15-18,30,32-36,38-40,43-47,76-77H,8-14,19-29,31H2,1-7H3,(H2,60,82)(H,67,71)(H,72,83)(H,73,86)(H,74,84)(H,75,85)(H4,61,62,68)(H4,63,64,69)(H4,65,66,70);25-33,37-38H,5-24H2,1-4H3,(H,45,48)(H,46,49)(H,47,50)(H,51,59)(H,52,57)(H,53,58)/t35-,36-,38+,39+,40+,43-,44-,45-,46-,47-;31-,32+,33+,37+,38-/m01/s1. The molecule has 0 aliphatic carbocycles. The topological polar surface area (TPSA) is 715 Å². The number of guanidine groups is 3. The van der Waals surface area contributed by atoms with Crippen molar-refractivity contribution in [1.29, 1.82) is 0 Å². The highest BCUT2D eigenvalue weighted by atomic mass is 16.3. The third-order valence-electron chi connectivity index (χ3n) is 25.8. The Bertz CT molecular complexity index is 4820. The summed E-state index contributed by atoms with van der Waals surface area (Å²) in [5.74, 6) is -14.8. The van der Waals surface area contributed by atoms with Crippen LogP contribution in [0.5, 0.6) is 5.75 Å². The first kappa shape index (κ1) is 124. The van der Waals surface area contributed by atoms with E-state index in [4.69, 9.17) is 40.1 Å². The number of primary amides is 1. The van der Waals surface area contributed by atoms with Crippen molar-refractivity contribution >= 4 is 106 Å². The molecular formula is C103H167N25O17. The normalized spacial score (nSPS) is 14.4. The number of phenolic OH excluding ortho intramolecular Hbond substituents is 1. The number of H-pyrrole nitrogens is 4. The number of aliphatic imine (C=N–C) groups is 3. The van der Waals surface area contributed by atoms with Gasteiger partial charge in [0.1, 0.15) is 11.8 Å². The van der Waals surface area contributed by atoms with Crippen molar-refractivity contribution in [2.75, 3.05) is 26.2 Å². The van der Waals surface area contributed by atoms with Crippen molar-refractivity contribution in [2.45, 2.75) is 343 Å². The van der Waals surface area contributed by atoms with Crippen molar-refractivity contribution < 1.29 is 82.1 Å². The zero-order valence-electron chi connectivity index (χ0n) is 87.0. The summed E-state index contributed by atoms with van der Waals surface area (Å²) in [6, 6.07) is -1.15. The van der Waals surface area contributed by atoms with Gasteiger partial charge in [0.15, 0.2) is 58.4 Å². The lowest BCUT2D eigenvalue weighted by Crippen LogP contribution is -2.50. The summed E-state index contributed by atoms with van der Waals surface area (Å²) in [6.07, 6.45) is 28.7. The van der Waals surface area contributed by atoms with Crippen molar-refractivity contribution in [3.63, 3.8) is 0 Å². The molecule has 4 aromatic heterocycles. The van der Waals surface area contributed by atoms with Crippen LogP contribution in [0.4, 0.5) is 0 Å². The number of Topliss-reactive ketones (excluding diaryl/α,β-unsaturated/α-hetero) is 7. The third kappa shape index (κ3) is 50.9. The molecule has 145 heavy (non-hydrogen) atoms. The number of nitrogens with one attached hydrogen (secondary N) is 11. The highest BCUT2D eigenvalue weighted by Crippen LogP contribution is 2.27. The molecule has 1 aromatic carbocycles. The number of hydrogen-bond acceptors (Lipinski definition) is 24. The fourth-order valence-corrected chi connectivity index (χ4v) is 17.1. The summed E-state index contributed by atoms with van der Waals surface area (Å²) in [4.78, 5) is 247.